The molecule has 3 unspecified atom stereocenters. The monoisotopic (exact) mass is 428 g/mol. The molecule has 10 atom stereocenters. The highest BCUT2D eigenvalue weighted by atomic mass is 16.6. The van der Waals surface area contributed by atoms with Gasteiger partial charge in [-0.3, -0.25) is 0 Å². The third-order valence-corrected chi connectivity index (χ3v) is 11.8. The van der Waals surface area contributed by atoms with Crippen molar-refractivity contribution in [3.8, 4) is 0 Å². The van der Waals surface area contributed by atoms with Gasteiger partial charge in [-0.1, -0.05) is 46.3 Å². The first-order chi connectivity index (χ1) is 14.6. The molecule has 5 rings (SSSR count). The maximum Gasteiger partial charge on any atom is 0.0968 e. The van der Waals surface area contributed by atoms with E-state index in [2.05, 4.69) is 47.6 Å². The highest BCUT2D eigenvalue weighted by molar-refractivity contribution is 5.25. The molecule has 2 nitrogen and oxygen atoms in total. The van der Waals surface area contributed by atoms with E-state index in [1.807, 2.05) is 0 Å². The van der Waals surface area contributed by atoms with Crippen molar-refractivity contribution in [1.82, 2.24) is 0 Å². The van der Waals surface area contributed by atoms with Gasteiger partial charge in [0.05, 0.1) is 17.8 Å². The van der Waals surface area contributed by atoms with E-state index in [-0.39, 0.29) is 11.7 Å². The molecule has 5 aliphatic rings. The predicted octanol–water partition coefficient (Wildman–Crippen LogP) is 7.16. The van der Waals surface area contributed by atoms with Crippen molar-refractivity contribution in [1.29, 1.82) is 0 Å². The first-order valence-electron chi connectivity index (χ1n) is 13.7. The van der Waals surface area contributed by atoms with E-state index in [4.69, 9.17) is 4.74 Å². The summed E-state index contributed by atoms with van der Waals surface area (Å²) < 4.78 is 6.13. The van der Waals surface area contributed by atoms with E-state index in [0.717, 1.165) is 42.4 Å². The van der Waals surface area contributed by atoms with Crippen molar-refractivity contribution < 1.29 is 9.84 Å². The average molecular weight is 429 g/mol. The first-order valence-corrected chi connectivity index (χ1v) is 13.7. The lowest BCUT2D eigenvalue weighted by Gasteiger charge is -2.58. The number of aliphatic hydroxyl groups is 1. The van der Waals surface area contributed by atoms with E-state index >= 15 is 0 Å². The maximum atomic E-state index is 10.3. The molecule has 0 spiro atoms. The number of hydrogen-bond acceptors (Lipinski definition) is 2. The van der Waals surface area contributed by atoms with Crippen LogP contribution < -0.4 is 0 Å². The smallest absolute Gasteiger partial charge is 0.0968 e. The third-order valence-electron chi connectivity index (χ3n) is 11.8. The van der Waals surface area contributed by atoms with Crippen molar-refractivity contribution in [2.45, 2.75) is 124 Å². The summed E-state index contributed by atoms with van der Waals surface area (Å²) in [5.41, 5.74) is 2.69. The van der Waals surface area contributed by atoms with Crippen molar-refractivity contribution >= 4 is 0 Å². The van der Waals surface area contributed by atoms with Gasteiger partial charge in [0.15, 0.2) is 0 Å². The molecule has 4 aliphatic carbocycles. The lowest BCUT2D eigenvalue weighted by molar-refractivity contribution is -0.0576. The minimum atomic E-state index is -0.0891. The average Bonchev–Trinajstić information content (AvgIpc) is 3.25. The Morgan fingerprint density at radius 3 is 2.48 bits per heavy atom. The highest BCUT2D eigenvalue weighted by Crippen LogP contribution is 2.67. The van der Waals surface area contributed by atoms with Gasteiger partial charge in [0.25, 0.3) is 0 Å². The van der Waals surface area contributed by atoms with Crippen LogP contribution in [0.2, 0.25) is 0 Å². The minimum Gasteiger partial charge on any atom is -0.393 e. The number of hydrogen-bond donors (Lipinski definition) is 1. The quantitative estimate of drug-likeness (QED) is 0.372. The van der Waals surface area contributed by atoms with E-state index in [0.29, 0.717) is 22.9 Å². The molecule has 0 aromatic rings. The van der Waals surface area contributed by atoms with E-state index in [9.17, 15) is 5.11 Å². The van der Waals surface area contributed by atoms with E-state index < -0.39 is 0 Å². The van der Waals surface area contributed by atoms with Gasteiger partial charge in [-0.2, -0.15) is 0 Å². The molecule has 0 aromatic heterocycles. The second kappa shape index (κ2) is 7.59. The topological polar surface area (TPSA) is 32.8 Å². The van der Waals surface area contributed by atoms with Gasteiger partial charge in [0.1, 0.15) is 0 Å². The molecule has 1 saturated heterocycles. The number of ether oxygens (including phenoxy) is 1. The highest BCUT2D eigenvalue weighted by Gasteiger charge is 2.60. The van der Waals surface area contributed by atoms with Gasteiger partial charge < -0.3 is 9.84 Å². The van der Waals surface area contributed by atoms with Crippen LogP contribution in [0.4, 0.5) is 0 Å². The van der Waals surface area contributed by atoms with Gasteiger partial charge in [-0.05, 0) is 117 Å². The van der Waals surface area contributed by atoms with Crippen LogP contribution in [0.5, 0.6) is 0 Å². The van der Waals surface area contributed by atoms with E-state index in [1.165, 1.54) is 51.4 Å². The van der Waals surface area contributed by atoms with Crippen molar-refractivity contribution in [3.05, 3.63) is 11.6 Å². The van der Waals surface area contributed by atoms with Gasteiger partial charge in [0, 0.05) is 0 Å². The fourth-order valence-corrected chi connectivity index (χ4v) is 9.72. The summed E-state index contributed by atoms with van der Waals surface area (Å²) in [7, 11) is 0. The summed E-state index contributed by atoms with van der Waals surface area (Å²) in [6, 6.07) is 0. The molecule has 2 heteroatoms. The Labute approximate surface area is 191 Å². The van der Waals surface area contributed by atoms with Gasteiger partial charge in [-0.15, -0.1) is 0 Å². The fourth-order valence-electron chi connectivity index (χ4n) is 9.72. The van der Waals surface area contributed by atoms with Crippen LogP contribution in [0.15, 0.2) is 11.6 Å². The molecular weight excluding hydrogens is 380 g/mol. The Kier molecular flexibility index (Phi) is 5.50. The summed E-state index contributed by atoms with van der Waals surface area (Å²) in [6.07, 6.45) is 15.7. The van der Waals surface area contributed by atoms with Crippen molar-refractivity contribution in [2.75, 3.05) is 0 Å². The Morgan fingerprint density at radius 1 is 1.06 bits per heavy atom. The molecule has 1 N–H and O–H groups in total. The Balaban J connectivity index is 1.30. The summed E-state index contributed by atoms with van der Waals surface area (Å²) in [4.78, 5) is 0. The van der Waals surface area contributed by atoms with E-state index in [1.54, 1.807) is 5.57 Å². The first kappa shape index (κ1) is 22.5. The summed E-state index contributed by atoms with van der Waals surface area (Å²) in [5.74, 6) is 4.99. The molecule has 0 amide bonds. The second-order valence-corrected chi connectivity index (χ2v) is 13.3. The van der Waals surface area contributed by atoms with Crippen LogP contribution in [-0.4, -0.2) is 22.9 Å². The zero-order chi connectivity index (χ0) is 22.2. The number of rotatable bonds is 5. The maximum absolute atomic E-state index is 10.3. The Morgan fingerprint density at radius 2 is 1.81 bits per heavy atom. The standard InChI is InChI=1S/C29H48O2/c1-18(2)29(20(4)31-29)16-11-19(3)24-9-10-25-23-8-7-21-17-22(30)12-14-27(21,5)26(23)13-15-28(24,25)6/h7,18-20,22-26,30H,8-17H2,1-6H3/t19-,20+,22+,23?,24-,25?,26?,27+,28-,29+/m1/s1. The summed E-state index contributed by atoms with van der Waals surface area (Å²) in [6.45, 7) is 14.8. The lowest BCUT2D eigenvalue weighted by Crippen LogP contribution is -2.50. The molecule has 0 bridgehead atoms. The zero-order valence-corrected chi connectivity index (χ0v) is 21.1. The number of fused-ring (bicyclic) bond motifs is 5. The molecule has 4 fully saturated rings. The van der Waals surface area contributed by atoms with Crippen LogP contribution >= 0.6 is 0 Å². The lowest BCUT2D eigenvalue weighted by atomic mass is 9.47. The largest absolute Gasteiger partial charge is 0.393 e. The van der Waals surface area contributed by atoms with Crippen LogP contribution in [-0.2, 0) is 4.74 Å². The molecule has 0 aromatic carbocycles. The van der Waals surface area contributed by atoms with Gasteiger partial charge >= 0.3 is 0 Å². The Bertz CT molecular complexity index is 726. The van der Waals surface area contributed by atoms with Crippen molar-refractivity contribution in [3.63, 3.8) is 0 Å². The third kappa shape index (κ3) is 3.32. The van der Waals surface area contributed by atoms with Crippen LogP contribution in [0.3, 0.4) is 0 Å². The number of allylic oxidation sites excluding steroid dienone is 1. The summed E-state index contributed by atoms with van der Waals surface area (Å²) >= 11 is 0. The fraction of sp³-hybridized carbons (Fsp3) is 0.931. The van der Waals surface area contributed by atoms with Crippen LogP contribution in [0.1, 0.15) is 106 Å². The van der Waals surface area contributed by atoms with Crippen LogP contribution in [0.25, 0.3) is 0 Å². The number of epoxide rings is 1. The zero-order valence-electron chi connectivity index (χ0n) is 21.1. The Hall–Kier alpha value is -0.340. The minimum absolute atomic E-state index is 0.0891. The molecule has 1 aliphatic heterocycles. The van der Waals surface area contributed by atoms with Gasteiger partial charge in [0.2, 0.25) is 0 Å². The molecule has 176 valence electrons. The molecule has 3 saturated carbocycles. The molecule has 1 heterocycles. The molecule has 0 radical (unpaired) electrons. The SMILES string of the molecule is CC(C)[C@]1(CC[C@@H](C)[C@H]2CCC3C4CC=C5C[C@@H](O)CC[C@]5(C)C4CC[C@@]32C)O[C@H]1C. The summed E-state index contributed by atoms with van der Waals surface area (Å²) in [5, 5.41) is 10.3. The normalized spacial score (nSPS) is 52.2. The van der Waals surface area contributed by atoms with Gasteiger partial charge in [-0.25, -0.2) is 0 Å². The molecular formula is C29H48O2. The van der Waals surface area contributed by atoms with Crippen molar-refractivity contribution in [2.24, 2.45) is 46.3 Å². The van der Waals surface area contributed by atoms with Crippen LogP contribution in [0, 0.1) is 46.3 Å². The second-order valence-electron chi connectivity index (χ2n) is 13.3. The predicted molar refractivity (Wildman–Crippen MR) is 128 cm³/mol. The number of aliphatic hydroxyl groups excluding tert-OH is 1. The molecule has 31 heavy (non-hydrogen) atoms.